The van der Waals surface area contributed by atoms with Crippen molar-refractivity contribution in [1.82, 2.24) is 4.90 Å². The molecule has 0 radical (unpaired) electrons. The Balaban J connectivity index is 2.33. The lowest BCUT2D eigenvalue weighted by molar-refractivity contribution is -0.131. The summed E-state index contributed by atoms with van der Waals surface area (Å²) in [4.78, 5) is 14.3. The predicted octanol–water partition coefficient (Wildman–Crippen LogP) is 3.81. The first-order chi connectivity index (χ1) is 12.1. The molecular formula is C18H20Cl2N2O3S. The standard InChI is InChI=1S/C18H20Cl2N2O3S/c1-13(18(23)21(2)12-14-7-5-4-6-8-14)22(26(3,24)25)17-11-15(19)9-10-16(17)20/h4-11,13H,12H2,1-3H3/t13-/m1/s1. The van der Waals surface area contributed by atoms with E-state index in [0.29, 0.717) is 11.6 Å². The van der Waals surface area contributed by atoms with Gasteiger partial charge in [-0.1, -0.05) is 53.5 Å². The smallest absolute Gasteiger partial charge is 0.246 e. The van der Waals surface area contributed by atoms with Crippen LogP contribution in [-0.4, -0.2) is 38.6 Å². The van der Waals surface area contributed by atoms with E-state index in [-0.39, 0.29) is 16.6 Å². The van der Waals surface area contributed by atoms with E-state index in [1.165, 1.54) is 24.0 Å². The van der Waals surface area contributed by atoms with Gasteiger partial charge in [0, 0.05) is 18.6 Å². The first kappa shape index (κ1) is 20.6. The van der Waals surface area contributed by atoms with Crippen LogP contribution >= 0.6 is 23.2 Å². The van der Waals surface area contributed by atoms with Crippen LogP contribution in [0, 0.1) is 0 Å². The van der Waals surface area contributed by atoms with Crippen LogP contribution in [0.15, 0.2) is 48.5 Å². The maximum Gasteiger partial charge on any atom is 0.246 e. The fourth-order valence-corrected chi connectivity index (χ4v) is 4.28. The van der Waals surface area contributed by atoms with Gasteiger partial charge in [0.1, 0.15) is 6.04 Å². The highest BCUT2D eigenvalue weighted by atomic mass is 35.5. The molecule has 0 N–H and O–H groups in total. The van der Waals surface area contributed by atoms with Gasteiger partial charge < -0.3 is 4.90 Å². The molecule has 2 aromatic carbocycles. The molecule has 2 aromatic rings. The number of nitrogens with zero attached hydrogens (tertiary/aromatic N) is 2. The molecule has 0 spiro atoms. The molecule has 1 atom stereocenters. The zero-order valence-electron chi connectivity index (χ0n) is 14.7. The lowest BCUT2D eigenvalue weighted by Crippen LogP contribution is -2.48. The van der Waals surface area contributed by atoms with Gasteiger partial charge in [0.2, 0.25) is 15.9 Å². The fraction of sp³-hybridized carbons (Fsp3) is 0.278. The lowest BCUT2D eigenvalue weighted by Gasteiger charge is -2.31. The van der Waals surface area contributed by atoms with E-state index in [0.717, 1.165) is 16.1 Å². The number of hydrogen-bond donors (Lipinski definition) is 0. The number of carbonyl (C=O) groups excluding carboxylic acids is 1. The van der Waals surface area contributed by atoms with Crippen molar-refractivity contribution in [2.75, 3.05) is 17.6 Å². The van der Waals surface area contributed by atoms with E-state index >= 15 is 0 Å². The van der Waals surface area contributed by atoms with E-state index in [9.17, 15) is 13.2 Å². The molecule has 0 unspecified atom stereocenters. The number of hydrogen-bond acceptors (Lipinski definition) is 3. The minimum Gasteiger partial charge on any atom is -0.340 e. The van der Waals surface area contributed by atoms with Crippen molar-refractivity contribution in [3.05, 3.63) is 64.1 Å². The average Bonchev–Trinajstić information content (AvgIpc) is 2.57. The van der Waals surface area contributed by atoms with Crippen molar-refractivity contribution in [1.29, 1.82) is 0 Å². The lowest BCUT2D eigenvalue weighted by atomic mass is 10.2. The fourth-order valence-electron chi connectivity index (χ4n) is 2.68. The summed E-state index contributed by atoms with van der Waals surface area (Å²) in [6.07, 6.45) is 1.03. The predicted molar refractivity (Wildman–Crippen MR) is 106 cm³/mol. The molecule has 0 heterocycles. The summed E-state index contributed by atoms with van der Waals surface area (Å²) in [5.41, 5.74) is 1.12. The molecule has 0 saturated carbocycles. The third-order valence-electron chi connectivity index (χ3n) is 3.85. The van der Waals surface area contributed by atoms with Crippen LogP contribution in [-0.2, 0) is 21.4 Å². The van der Waals surface area contributed by atoms with Crippen LogP contribution in [0.5, 0.6) is 0 Å². The van der Waals surface area contributed by atoms with E-state index in [4.69, 9.17) is 23.2 Å². The summed E-state index contributed by atoms with van der Waals surface area (Å²) < 4.78 is 25.8. The number of rotatable bonds is 6. The number of amides is 1. The number of benzene rings is 2. The number of likely N-dealkylation sites (N-methyl/N-ethyl adjacent to an activating group) is 1. The van der Waals surface area contributed by atoms with Crippen LogP contribution < -0.4 is 4.31 Å². The van der Waals surface area contributed by atoms with Crippen molar-refractivity contribution in [2.45, 2.75) is 19.5 Å². The second-order valence-corrected chi connectivity index (χ2v) is 8.71. The molecule has 1 amide bonds. The van der Waals surface area contributed by atoms with Gasteiger partial charge in [-0.05, 0) is 30.7 Å². The summed E-state index contributed by atoms with van der Waals surface area (Å²) in [5.74, 6) is -0.352. The SMILES string of the molecule is C[C@H](C(=O)N(C)Cc1ccccc1)N(c1cc(Cl)ccc1Cl)S(C)(=O)=O. The molecule has 0 bridgehead atoms. The van der Waals surface area contributed by atoms with Gasteiger partial charge in [0.15, 0.2) is 0 Å². The topological polar surface area (TPSA) is 57.7 Å². The summed E-state index contributed by atoms with van der Waals surface area (Å²) in [5, 5.41) is 0.528. The van der Waals surface area contributed by atoms with Gasteiger partial charge in [-0.15, -0.1) is 0 Å². The van der Waals surface area contributed by atoms with Crippen LogP contribution in [0.25, 0.3) is 0 Å². The Labute approximate surface area is 164 Å². The second-order valence-electron chi connectivity index (χ2n) is 6.01. The molecule has 2 rings (SSSR count). The number of anilines is 1. The highest BCUT2D eigenvalue weighted by Gasteiger charge is 2.32. The molecule has 0 saturated heterocycles. The Kier molecular flexibility index (Phi) is 6.55. The molecular weight excluding hydrogens is 395 g/mol. The van der Waals surface area contributed by atoms with Crippen LogP contribution in [0.2, 0.25) is 10.0 Å². The maximum absolute atomic E-state index is 12.8. The van der Waals surface area contributed by atoms with Gasteiger partial charge >= 0.3 is 0 Å². The molecule has 0 aliphatic heterocycles. The molecule has 0 aliphatic rings. The molecule has 0 aromatic heterocycles. The van der Waals surface area contributed by atoms with E-state index in [2.05, 4.69) is 0 Å². The van der Waals surface area contributed by atoms with E-state index < -0.39 is 16.1 Å². The third-order valence-corrected chi connectivity index (χ3v) is 5.63. The van der Waals surface area contributed by atoms with Crippen LogP contribution in [0.1, 0.15) is 12.5 Å². The normalized spacial score (nSPS) is 12.5. The summed E-state index contributed by atoms with van der Waals surface area (Å²) >= 11 is 12.2. The summed E-state index contributed by atoms with van der Waals surface area (Å²) in [7, 11) is -2.13. The maximum atomic E-state index is 12.8. The third kappa shape index (κ3) is 4.90. The molecule has 26 heavy (non-hydrogen) atoms. The van der Waals surface area contributed by atoms with Gasteiger partial charge in [-0.25, -0.2) is 8.42 Å². The molecule has 0 fully saturated rings. The highest BCUT2D eigenvalue weighted by molar-refractivity contribution is 7.92. The number of sulfonamides is 1. The Hall–Kier alpha value is -1.76. The molecule has 8 heteroatoms. The largest absolute Gasteiger partial charge is 0.340 e. The quantitative estimate of drug-likeness (QED) is 0.721. The average molecular weight is 415 g/mol. The van der Waals surface area contributed by atoms with Crippen molar-refractivity contribution in [3.8, 4) is 0 Å². The van der Waals surface area contributed by atoms with Gasteiger partial charge in [0.25, 0.3) is 0 Å². The van der Waals surface area contributed by atoms with Gasteiger partial charge in [-0.2, -0.15) is 0 Å². The van der Waals surface area contributed by atoms with E-state index in [1.54, 1.807) is 13.1 Å². The van der Waals surface area contributed by atoms with Crippen LogP contribution in [0.3, 0.4) is 0 Å². The molecule has 140 valence electrons. The molecule has 0 aliphatic carbocycles. The van der Waals surface area contributed by atoms with E-state index in [1.807, 2.05) is 30.3 Å². The highest BCUT2D eigenvalue weighted by Crippen LogP contribution is 2.32. The first-order valence-electron chi connectivity index (χ1n) is 7.84. The molecule has 5 nitrogen and oxygen atoms in total. The van der Waals surface area contributed by atoms with Crippen molar-refractivity contribution in [2.24, 2.45) is 0 Å². The Morgan fingerprint density at radius 2 is 1.73 bits per heavy atom. The minimum absolute atomic E-state index is 0.177. The first-order valence-corrected chi connectivity index (χ1v) is 10.4. The summed E-state index contributed by atoms with van der Waals surface area (Å²) in [6.45, 7) is 1.90. The number of halogens is 2. The van der Waals surface area contributed by atoms with Gasteiger partial charge in [0.05, 0.1) is 17.0 Å². The number of carbonyl (C=O) groups is 1. The van der Waals surface area contributed by atoms with Gasteiger partial charge in [-0.3, -0.25) is 9.10 Å². The Morgan fingerprint density at radius 1 is 1.12 bits per heavy atom. The summed E-state index contributed by atoms with van der Waals surface area (Å²) in [6, 6.07) is 13.0. The van der Waals surface area contributed by atoms with Crippen LogP contribution in [0.4, 0.5) is 5.69 Å². The zero-order valence-corrected chi connectivity index (χ0v) is 17.0. The second kappa shape index (κ2) is 8.29. The monoisotopic (exact) mass is 414 g/mol. The van der Waals surface area contributed by atoms with Crippen molar-refractivity contribution < 1.29 is 13.2 Å². The minimum atomic E-state index is -3.77. The Bertz CT molecular complexity index is 889. The van der Waals surface area contributed by atoms with Crippen molar-refractivity contribution in [3.63, 3.8) is 0 Å². The van der Waals surface area contributed by atoms with Crippen molar-refractivity contribution >= 4 is 44.8 Å². The Morgan fingerprint density at radius 3 is 2.31 bits per heavy atom. The zero-order chi connectivity index (χ0) is 19.5.